The first-order chi connectivity index (χ1) is 11.7. The van der Waals surface area contributed by atoms with Gasteiger partial charge in [0.15, 0.2) is 0 Å². The lowest BCUT2D eigenvalue weighted by molar-refractivity contribution is -0.131. The van der Waals surface area contributed by atoms with Gasteiger partial charge in [-0.15, -0.1) is 11.3 Å². The molecule has 0 aliphatic rings. The molecule has 0 saturated carbocycles. The molecule has 0 fully saturated rings. The number of carbonyl (C=O) groups is 1. The van der Waals surface area contributed by atoms with E-state index < -0.39 is 0 Å². The molecule has 1 aromatic heterocycles. The van der Waals surface area contributed by atoms with E-state index in [-0.39, 0.29) is 5.91 Å². The van der Waals surface area contributed by atoms with Gasteiger partial charge in [-0.05, 0) is 35.1 Å². The van der Waals surface area contributed by atoms with Crippen LogP contribution < -0.4 is 0 Å². The molecular formula is C21H21NOS. The number of carbonyl (C=O) groups excluding carboxylic acids is 1. The predicted octanol–water partition coefficient (Wildman–Crippen LogP) is 4.83. The summed E-state index contributed by atoms with van der Waals surface area (Å²) in [5, 5.41) is 2.09. The summed E-state index contributed by atoms with van der Waals surface area (Å²) in [5.41, 5.74) is 3.47. The molecule has 2 nitrogen and oxygen atoms in total. The Kier molecular flexibility index (Phi) is 5.44. The summed E-state index contributed by atoms with van der Waals surface area (Å²) < 4.78 is 0. The molecule has 0 spiro atoms. The Morgan fingerprint density at radius 1 is 0.875 bits per heavy atom. The standard InChI is InChI=1S/C21H21NOS/c1-17-12-13-24-20(17)16-22(15-19-10-6-3-7-11-19)21(23)14-18-8-4-2-5-9-18/h2-13H,14-16H2,1H3. The van der Waals surface area contributed by atoms with E-state index >= 15 is 0 Å². The Labute approximate surface area is 147 Å². The van der Waals surface area contributed by atoms with E-state index in [2.05, 4.69) is 30.5 Å². The summed E-state index contributed by atoms with van der Waals surface area (Å²) >= 11 is 1.72. The third kappa shape index (κ3) is 4.33. The van der Waals surface area contributed by atoms with Gasteiger partial charge >= 0.3 is 0 Å². The zero-order chi connectivity index (χ0) is 16.8. The molecule has 24 heavy (non-hydrogen) atoms. The van der Waals surface area contributed by atoms with Gasteiger partial charge in [0.1, 0.15) is 0 Å². The minimum atomic E-state index is 0.165. The van der Waals surface area contributed by atoms with Crippen LogP contribution >= 0.6 is 11.3 Å². The van der Waals surface area contributed by atoms with Gasteiger partial charge in [0.05, 0.1) is 13.0 Å². The van der Waals surface area contributed by atoms with Gasteiger partial charge in [0, 0.05) is 11.4 Å². The normalized spacial score (nSPS) is 10.5. The van der Waals surface area contributed by atoms with Crippen molar-refractivity contribution in [2.24, 2.45) is 0 Å². The topological polar surface area (TPSA) is 20.3 Å². The largest absolute Gasteiger partial charge is 0.333 e. The van der Waals surface area contributed by atoms with E-state index in [1.807, 2.05) is 53.4 Å². The van der Waals surface area contributed by atoms with Crippen molar-refractivity contribution >= 4 is 17.2 Å². The maximum atomic E-state index is 12.9. The fourth-order valence-electron chi connectivity index (χ4n) is 2.66. The first-order valence-corrected chi connectivity index (χ1v) is 8.99. The van der Waals surface area contributed by atoms with Crippen LogP contribution in [0.2, 0.25) is 0 Å². The van der Waals surface area contributed by atoms with E-state index in [1.54, 1.807) is 11.3 Å². The number of amides is 1. The van der Waals surface area contributed by atoms with Crippen LogP contribution in [-0.2, 0) is 24.3 Å². The van der Waals surface area contributed by atoms with Gasteiger partial charge in [-0.2, -0.15) is 0 Å². The lowest BCUT2D eigenvalue weighted by Gasteiger charge is -2.23. The number of nitrogens with zero attached hydrogens (tertiary/aromatic N) is 1. The minimum Gasteiger partial charge on any atom is -0.333 e. The van der Waals surface area contributed by atoms with Gasteiger partial charge in [0.2, 0.25) is 5.91 Å². The van der Waals surface area contributed by atoms with Crippen molar-refractivity contribution in [2.45, 2.75) is 26.4 Å². The monoisotopic (exact) mass is 335 g/mol. The fourth-order valence-corrected chi connectivity index (χ4v) is 3.58. The van der Waals surface area contributed by atoms with Gasteiger partial charge in [0.25, 0.3) is 0 Å². The van der Waals surface area contributed by atoms with Crippen LogP contribution in [0.3, 0.4) is 0 Å². The quantitative estimate of drug-likeness (QED) is 0.632. The van der Waals surface area contributed by atoms with Crippen molar-refractivity contribution in [1.82, 2.24) is 4.90 Å². The number of aryl methyl sites for hydroxylation is 1. The first-order valence-electron chi connectivity index (χ1n) is 8.11. The highest BCUT2D eigenvalue weighted by atomic mass is 32.1. The van der Waals surface area contributed by atoms with Crippen LogP contribution in [0.25, 0.3) is 0 Å². The average Bonchev–Trinajstić information content (AvgIpc) is 3.01. The second-order valence-corrected chi connectivity index (χ2v) is 6.93. The summed E-state index contributed by atoms with van der Waals surface area (Å²) in [7, 11) is 0. The zero-order valence-electron chi connectivity index (χ0n) is 13.8. The third-order valence-electron chi connectivity index (χ3n) is 4.07. The number of hydrogen-bond donors (Lipinski definition) is 0. The molecule has 0 aliphatic heterocycles. The molecular weight excluding hydrogens is 314 g/mol. The van der Waals surface area contributed by atoms with Crippen LogP contribution in [0.15, 0.2) is 72.1 Å². The van der Waals surface area contributed by atoms with E-state index in [1.165, 1.54) is 10.4 Å². The van der Waals surface area contributed by atoms with Crippen LogP contribution in [0.4, 0.5) is 0 Å². The van der Waals surface area contributed by atoms with Crippen molar-refractivity contribution in [3.63, 3.8) is 0 Å². The summed E-state index contributed by atoms with van der Waals surface area (Å²) in [5.74, 6) is 0.165. The van der Waals surface area contributed by atoms with Gasteiger partial charge in [-0.1, -0.05) is 60.7 Å². The van der Waals surface area contributed by atoms with Crippen molar-refractivity contribution in [2.75, 3.05) is 0 Å². The van der Waals surface area contributed by atoms with Gasteiger partial charge in [-0.25, -0.2) is 0 Å². The Morgan fingerprint density at radius 3 is 2.08 bits per heavy atom. The van der Waals surface area contributed by atoms with Crippen LogP contribution in [0, 0.1) is 6.92 Å². The van der Waals surface area contributed by atoms with Crippen molar-refractivity contribution in [3.05, 3.63) is 93.7 Å². The Bertz CT molecular complexity index is 780. The highest BCUT2D eigenvalue weighted by Gasteiger charge is 2.16. The molecule has 122 valence electrons. The fraction of sp³-hybridized carbons (Fsp3) is 0.190. The van der Waals surface area contributed by atoms with Crippen molar-refractivity contribution in [3.8, 4) is 0 Å². The second kappa shape index (κ2) is 7.93. The average molecular weight is 335 g/mol. The molecule has 0 aliphatic carbocycles. The predicted molar refractivity (Wildman–Crippen MR) is 99.9 cm³/mol. The third-order valence-corrected chi connectivity index (χ3v) is 5.08. The smallest absolute Gasteiger partial charge is 0.227 e. The van der Waals surface area contributed by atoms with Crippen LogP contribution in [-0.4, -0.2) is 10.8 Å². The number of thiophene rings is 1. The molecule has 0 N–H and O–H groups in total. The van der Waals surface area contributed by atoms with Crippen molar-refractivity contribution in [1.29, 1.82) is 0 Å². The SMILES string of the molecule is Cc1ccsc1CN(Cc1ccccc1)C(=O)Cc1ccccc1. The number of hydrogen-bond acceptors (Lipinski definition) is 2. The Hall–Kier alpha value is -2.39. The molecule has 2 aromatic carbocycles. The van der Waals surface area contributed by atoms with Gasteiger partial charge in [-0.3, -0.25) is 4.79 Å². The first kappa shape index (κ1) is 16.5. The molecule has 1 heterocycles. The molecule has 1 amide bonds. The summed E-state index contributed by atoms with van der Waals surface area (Å²) in [6, 6.07) is 22.3. The zero-order valence-corrected chi connectivity index (χ0v) is 14.6. The minimum absolute atomic E-state index is 0.165. The lowest BCUT2D eigenvalue weighted by Crippen LogP contribution is -2.31. The molecule has 0 saturated heterocycles. The lowest BCUT2D eigenvalue weighted by atomic mass is 10.1. The van der Waals surface area contributed by atoms with Gasteiger partial charge < -0.3 is 4.90 Å². The molecule has 0 bridgehead atoms. The molecule has 0 atom stereocenters. The van der Waals surface area contributed by atoms with Crippen LogP contribution in [0.1, 0.15) is 21.6 Å². The van der Waals surface area contributed by atoms with E-state index in [4.69, 9.17) is 0 Å². The number of rotatable bonds is 6. The summed E-state index contributed by atoms with van der Waals surface area (Å²) in [6.45, 7) is 3.42. The van der Waals surface area contributed by atoms with Crippen molar-refractivity contribution < 1.29 is 4.79 Å². The second-order valence-electron chi connectivity index (χ2n) is 5.92. The molecule has 0 radical (unpaired) electrons. The summed E-state index contributed by atoms with van der Waals surface area (Å²) in [4.78, 5) is 16.1. The van der Waals surface area contributed by atoms with E-state index in [0.29, 0.717) is 19.5 Å². The summed E-state index contributed by atoms with van der Waals surface area (Å²) in [6.07, 6.45) is 0.443. The van der Waals surface area contributed by atoms with Crippen LogP contribution in [0.5, 0.6) is 0 Å². The maximum Gasteiger partial charge on any atom is 0.227 e. The molecule has 0 unspecified atom stereocenters. The highest BCUT2D eigenvalue weighted by molar-refractivity contribution is 7.10. The van der Waals surface area contributed by atoms with E-state index in [9.17, 15) is 4.79 Å². The van der Waals surface area contributed by atoms with E-state index in [0.717, 1.165) is 11.1 Å². The molecule has 3 rings (SSSR count). The Morgan fingerprint density at radius 2 is 1.50 bits per heavy atom. The highest BCUT2D eigenvalue weighted by Crippen LogP contribution is 2.20. The maximum absolute atomic E-state index is 12.9. The Balaban J connectivity index is 1.78. The number of benzene rings is 2. The molecule has 3 heteroatoms. The molecule has 3 aromatic rings.